The number of ether oxygens (including phenoxy) is 2. The number of hydrogen-bond donors (Lipinski definition) is 3. The molecule has 1 aromatic carbocycles. The summed E-state index contributed by atoms with van der Waals surface area (Å²) in [6.07, 6.45) is 4.06. The Balaban J connectivity index is 0.00000280. The number of aromatic amines is 1. The van der Waals surface area contributed by atoms with E-state index in [1.54, 1.807) is 0 Å². The number of aliphatic imine (C=N–C) groups is 1. The van der Waals surface area contributed by atoms with Gasteiger partial charge in [0.15, 0.2) is 5.96 Å². The molecule has 8 heteroatoms. The van der Waals surface area contributed by atoms with E-state index in [1.807, 2.05) is 24.4 Å². The minimum absolute atomic E-state index is 0. The number of hydrogen-bond acceptors (Lipinski definition) is 4. The Morgan fingerprint density at radius 1 is 1.32 bits per heavy atom. The second-order valence-corrected chi connectivity index (χ2v) is 6.44. The predicted octanol–water partition coefficient (Wildman–Crippen LogP) is 2.95. The van der Waals surface area contributed by atoms with E-state index in [2.05, 4.69) is 44.7 Å². The minimum atomic E-state index is 0. The molecule has 1 aromatic heterocycles. The van der Waals surface area contributed by atoms with Crippen LogP contribution in [-0.4, -0.2) is 54.9 Å². The maximum absolute atomic E-state index is 5.78. The predicted molar refractivity (Wildman–Crippen MR) is 122 cm³/mol. The standard InChI is InChI=1S/C20H29N5O2.HI/c1-2-21-20(22-10-6-11-27-17-9-12-26-15-17)24-14-19-23-13-18(25-19)16-7-4-3-5-8-16;/h3-5,7-8,13,17H,2,6,9-12,14-15H2,1H3,(H,23,25)(H2,21,22,24);1H. The first-order valence-corrected chi connectivity index (χ1v) is 9.66. The van der Waals surface area contributed by atoms with E-state index >= 15 is 0 Å². The van der Waals surface area contributed by atoms with E-state index in [0.717, 1.165) is 68.8 Å². The Hall–Kier alpha value is -1.65. The average Bonchev–Trinajstić information content (AvgIpc) is 3.38. The second-order valence-electron chi connectivity index (χ2n) is 6.44. The summed E-state index contributed by atoms with van der Waals surface area (Å²) in [4.78, 5) is 12.4. The van der Waals surface area contributed by atoms with Crippen molar-refractivity contribution < 1.29 is 9.47 Å². The topological polar surface area (TPSA) is 83.6 Å². The monoisotopic (exact) mass is 499 g/mol. The summed E-state index contributed by atoms with van der Waals surface area (Å²) in [6.45, 7) is 6.46. The van der Waals surface area contributed by atoms with E-state index in [-0.39, 0.29) is 30.1 Å². The molecule has 7 nitrogen and oxygen atoms in total. The summed E-state index contributed by atoms with van der Waals surface area (Å²) in [7, 11) is 0. The molecule has 1 unspecified atom stereocenters. The van der Waals surface area contributed by atoms with E-state index in [0.29, 0.717) is 6.54 Å². The van der Waals surface area contributed by atoms with Crippen LogP contribution in [0.1, 0.15) is 25.6 Å². The van der Waals surface area contributed by atoms with Crippen LogP contribution in [0, 0.1) is 0 Å². The van der Waals surface area contributed by atoms with Crippen LogP contribution in [0.3, 0.4) is 0 Å². The first kappa shape index (κ1) is 22.6. The second kappa shape index (κ2) is 12.7. The normalized spacial score (nSPS) is 16.6. The van der Waals surface area contributed by atoms with Gasteiger partial charge in [0, 0.05) is 26.3 Å². The summed E-state index contributed by atoms with van der Waals surface area (Å²) < 4.78 is 11.1. The van der Waals surface area contributed by atoms with Gasteiger partial charge in [-0.1, -0.05) is 30.3 Å². The molecule has 1 saturated heterocycles. The van der Waals surface area contributed by atoms with E-state index in [9.17, 15) is 0 Å². The van der Waals surface area contributed by atoms with Gasteiger partial charge in [-0.3, -0.25) is 0 Å². The number of imidazole rings is 1. The third-order valence-electron chi connectivity index (χ3n) is 4.30. The molecule has 0 saturated carbocycles. The molecule has 0 amide bonds. The smallest absolute Gasteiger partial charge is 0.191 e. The van der Waals surface area contributed by atoms with Crippen molar-refractivity contribution in [2.45, 2.75) is 32.4 Å². The average molecular weight is 499 g/mol. The highest BCUT2D eigenvalue weighted by molar-refractivity contribution is 14.0. The fraction of sp³-hybridized carbons (Fsp3) is 0.500. The molecule has 1 fully saturated rings. The zero-order valence-electron chi connectivity index (χ0n) is 16.3. The Morgan fingerprint density at radius 3 is 2.93 bits per heavy atom. The first-order chi connectivity index (χ1) is 13.3. The molecule has 3 rings (SSSR count). The van der Waals surface area contributed by atoms with E-state index in [4.69, 9.17) is 9.47 Å². The van der Waals surface area contributed by atoms with Crippen molar-refractivity contribution in [2.24, 2.45) is 4.99 Å². The molecular formula is C20H30IN5O2. The summed E-state index contributed by atoms with van der Waals surface area (Å²) >= 11 is 0. The lowest BCUT2D eigenvalue weighted by Gasteiger charge is -2.12. The summed E-state index contributed by atoms with van der Waals surface area (Å²) in [6, 6.07) is 10.2. The molecule has 2 aromatic rings. The number of aromatic nitrogens is 2. The third kappa shape index (κ3) is 7.40. The molecule has 1 aliphatic rings. The van der Waals surface area contributed by atoms with Crippen molar-refractivity contribution >= 4 is 29.9 Å². The summed E-state index contributed by atoms with van der Waals surface area (Å²) in [5.74, 6) is 1.63. The highest BCUT2D eigenvalue weighted by Gasteiger charge is 2.15. The Bertz CT molecular complexity index is 702. The van der Waals surface area contributed by atoms with Gasteiger partial charge in [-0.15, -0.1) is 24.0 Å². The van der Waals surface area contributed by atoms with E-state index in [1.165, 1.54) is 0 Å². The van der Waals surface area contributed by atoms with Gasteiger partial charge in [0.2, 0.25) is 0 Å². The van der Waals surface area contributed by atoms with Gasteiger partial charge in [-0.25, -0.2) is 9.98 Å². The minimum Gasteiger partial charge on any atom is -0.379 e. The van der Waals surface area contributed by atoms with Crippen molar-refractivity contribution in [1.82, 2.24) is 20.6 Å². The lowest BCUT2D eigenvalue weighted by Crippen LogP contribution is -2.38. The molecule has 28 heavy (non-hydrogen) atoms. The summed E-state index contributed by atoms with van der Waals surface area (Å²) in [5.41, 5.74) is 2.13. The number of benzene rings is 1. The highest BCUT2D eigenvalue weighted by Crippen LogP contribution is 2.16. The molecule has 0 spiro atoms. The van der Waals surface area contributed by atoms with Crippen LogP contribution in [0.5, 0.6) is 0 Å². The van der Waals surface area contributed by atoms with Crippen molar-refractivity contribution in [3.63, 3.8) is 0 Å². The molecule has 1 aliphatic heterocycles. The van der Waals surface area contributed by atoms with Gasteiger partial charge in [-0.2, -0.15) is 0 Å². The maximum Gasteiger partial charge on any atom is 0.191 e. The Morgan fingerprint density at radius 2 is 2.18 bits per heavy atom. The van der Waals surface area contributed by atoms with Crippen molar-refractivity contribution in [1.29, 1.82) is 0 Å². The quantitative estimate of drug-likeness (QED) is 0.214. The van der Waals surface area contributed by atoms with Gasteiger partial charge >= 0.3 is 0 Å². The van der Waals surface area contributed by atoms with Crippen molar-refractivity contribution in [2.75, 3.05) is 32.9 Å². The summed E-state index contributed by atoms with van der Waals surface area (Å²) in [5, 5.41) is 6.60. The maximum atomic E-state index is 5.78. The van der Waals surface area contributed by atoms with Crippen LogP contribution in [-0.2, 0) is 16.0 Å². The zero-order valence-corrected chi connectivity index (χ0v) is 18.6. The van der Waals surface area contributed by atoms with Gasteiger partial charge in [-0.05, 0) is 25.3 Å². The van der Waals surface area contributed by atoms with Gasteiger partial charge in [0.05, 0.1) is 24.6 Å². The van der Waals surface area contributed by atoms with Crippen LogP contribution in [0.25, 0.3) is 11.3 Å². The molecule has 154 valence electrons. The number of guanidine groups is 1. The van der Waals surface area contributed by atoms with Crippen LogP contribution in [0.15, 0.2) is 41.5 Å². The fourth-order valence-corrected chi connectivity index (χ4v) is 2.88. The molecule has 0 bridgehead atoms. The number of nitrogens with zero attached hydrogens (tertiary/aromatic N) is 2. The SMILES string of the molecule is CCNC(=NCc1ncc(-c2ccccc2)[nH]1)NCCCOC1CCOC1.I. The van der Waals surface area contributed by atoms with Crippen LogP contribution >= 0.6 is 24.0 Å². The van der Waals surface area contributed by atoms with Gasteiger partial charge in [0.1, 0.15) is 12.4 Å². The molecule has 2 heterocycles. The number of halogens is 1. The number of nitrogens with one attached hydrogen (secondary N) is 3. The third-order valence-corrected chi connectivity index (χ3v) is 4.30. The first-order valence-electron chi connectivity index (χ1n) is 9.66. The van der Waals surface area contributed by atoms with Gasteiger partial charge < -0.3 is 25.1 Å². The van der Waals surface area contributed by atoms with Crippen molar-refractivity contribution in [3.8, 4) is 11.3 Å². The van der Waals surface area contributed by atoms with Gasteiger partial charge in [0.25, 0.3) is 0 Å². The molecule has 0 aliphatic carbocycles. The molecule has 3 N–H and O–H groups in total. The Kier molecular flexibility index (Phi) is 10.3. The number of rotatable bonds is 9. The largest absolute Gasteiger partial charge is 0.379 e. The molecule has 1 atom stereocenters. The zero-order chi connectivity index (χ0) is 18.7. The van der Waals surface area contributed by atoms with Crippen LogP contribution < -0.4 is 10.6 Å². The van der Waals surface area contributed by atoms with Crippen LogP contribution in [0.4, 0.5) is 0 Å². The number of H-pyrrole nitrogens is 1. The van der Waals surface area contributed by atoms with Crippen LogP contribution in [0.2, 0.25) is 0 Å². The van der Waals surface area contributed by atoms with Crippen molar-refractivity contribution in [3.05, 3.63) is 42.4 Å². The molecular weight excluding hydrogens is 469 g/mol. The lowest BCUT2D eigenvalue weighted by atomic mass is 10.2. The van der Waals surface area contributed by atoms with E-state index < -0.39 is 0 Å². The Labute approximate surface area is 183 Å². The molecule has 0 radical (unpaired) electrons. The highest BCUT2D eigenvalue weighted by atomic mass is 127. The lowest BCUT2D eigenvalue weighted by molar-refractivity contribution is 0.0420. The fourth-order valence-electron chi connectivity index (χ4n) is 2.88.